The van der Waals surface area contributed by atoms with Crippen LogP contribution in [0.4, 0.5) is 0 Å². The lowest BCUT2D eigenvalue weighted by atomic mass is 9.86. The van der Waals surface area contributed by atoms with Gasteiger partial charge in [-0.3, -0.25) is 0 Å². The molecular formula is C50H74O7S2. The molecule has 0 aromatic heterocycles. The number of hydrogen-bond donors (Lipinski definition) is 0. The van der Waals surface area contributed by atoms with Crippen LogP contribution in [0.1, 0.15) is 91.8 Å². The van der Waals surface area contributed by atoms with E-state index in [2.05, 4.69) is 123 Å². The average molecular weight is 851 g/mol. The standard InChI is InChI=1S/C31H44O5S.C19H30O2S/c1-21-16-29(35-27(22(21)2)19-33-17-25-12-8-6-9-13-25)37-30-23(3)24(4)31(32-5)36-28(30)20-34-18-26-14-10-7-11-15-26;1-14-11-18(22-19(3,4)5)21-17(15(14)2)13-20-12-16-9-7-6-8-10-16/h6-15,21-24,27-31H,16-20H2,1-5H3;6-10,14-15,17-18H,11-13H2,1-5H3/t21-,22+,23-,24?,27?,28?,29+,30-,31+;14-,15+,17?,18+/m11/s1. The van der Waals surface area contributed by atoms with Crippen molar-refractivity contribution in [2.75, 3.05) is 26.9 Å². The second-order valence-corrected chi connectivity index (χ2v) is 21.5. The average Bonchev–Trinajstić information content (AvgIpc) is 3.22. The third kappa shape index (κ3) is 15.4. The lowest BCUT2D eigenvalue weighted by Crippen LogP contribution is -2.51. The van der Waals surface area contributed by atoms with Gasteiger partial charge in [0.25, 0.3) is 0 Å². The number of ether oxygens (including phenoxy) is 7. The zero-order valence-electron chi connectivity index (χ0n) is 37.5. The molecule has 0 amide bonds. The molecule has 9 heteroatoms. The van der Waals surface area contributed by atoms with Crippen molar-refractivity contribution >= 4 is 23.5 Å². The summed E-state index contributed by atoms with van der Waals surface area (Å²) in [6, 6.07) is 31.0. The molecule has 3 aliphatic heterocycles. The molecule has 0 spiro atoms. The fraction of sp³-hybridized carbons (Fsp3) is 0.640. The third-order valence-electron chi connectivity index (χ3n) is 12.4. The zero-order chi connectivity index (χ0) is 42.4. The first kappa shape index (κ1) is 48.1. The van der Waals surface area contributed by atoms with E-state index >= 15 is 0 Å². The molecular weight excluding hydrogens is 777 g/mol. The van der Waals surface area contributed by atoms with Crippen LogP contribution < -0.4 is 0 Å². The maximum absolute atomic E-state index is 6.68. The van der Waals surface area contributed by atoms with Crippen LogP contribution in [0.5, 0.6) is 0 Å². The Morgan fingerprint density at radius 1 is 0.525 bits per heavy atom. The van der Waals surface area contributed by atoms with Crippen molar-refractivity contribution in [3.8, 4) is 0 Å². The molecule has 6 rings (SSSR count). The van der Waals surface area contributed by atoms with Gasteiger partial charge in [-0.15, -0.1) is 23.5 Å². The van der Waals surface area contributed by atoms with Crippen molar-refractivity contribution in [1.29, 1.82) is 0 Å². The van der Waals surface area contributed by atoms with Crippen molar-refractivity contribution in [3.05, 3.63) is 108 Å². The highest BCUT2D eigenvalue weighted by Crippen LogP contribution is 2.44. The molecule has 0 saturated carbocycles. The van der Waals surface area contributed by atoms with E-state index in [1.807, 2.05) is 53.9 Å². The Kier molecular flexibility index (Phi) is 19.6. The summed E-state index contributed by atoms with van der Waals surface area (Å²) in [5.74, 6) is 2.94. The molecule has 59 heavy (non-hydrogen) atoms. The number of rotatable bonds is 16. The largest absolute Gasteiger partial charge is 0.374 e. The van der Waals surface area contributed by atoms with Gasteiger partial charge in [0.15, 0.2) is 6.29 Å². The molecule has 13 atom stereocenters. The quantitative estimate of drug-likeness (QED) is 0.140. The Morgan fingerprint density at radius 3 is 1.36 bits per heavy atom. The van der Waals surface area contributed by atoms with E-state index in [4.69, 9.17) is 33.2 Å². The van der Waals surface area contributed by atoms with Crippen molar-refractivity contribution < 1.29 is 33.2 Å². The summed E-state index contributed by atoms with van der Waals surface area (Å²) >= 11 is 3.86. The number of thioether (sulfide) groups is 2. The van der Waals surface area contributed by atoms with Gasteiger partial charge in [0.2, 0.25) is 0 Å². The SMILES string of the molecule is CO[C@H]1OC(COCc2ccccc2)[C@H](S[C@H]2C[C@@H](C)[C@H](C)C(COCc3ccccc3)O2)[C@H](C)C1C.C[C@@H]1C[C@H](SC(C)(C)C)OC(COCc2ccccc2)[C@H]1C. The van der Waals surface area contributed by atoms with Gasteiger partial charge in [-0.1, -0.05) is 153 Å². The molecule has 0 radical (unpaired) electrons. The minimum atomic E-state index is -0.220. The summed E-state index contributed by atoms with van der Waals surface area (Å²) in [5, 5.41) is 0.258. The molecule has 3 heterocycles. The minimum absolute atomic E-state index is 0.0594. The first-order valence-corrected chi connectivity index (χ1v) is 23.8. The molecule has 3 fully saturated rings. The Morgan fingerprint density at radius 2 is 0.932 bits per heavy atom. The predicted molar refractivity (Wildman–Crippen MR) is 244 cm³/mol. The Balaban J connectivity index is 0.000000256. The van der Waals surface area contributed by atoms with Crippen LogP contribution in [0.15, 0.2) is 91.0 Å². The maximum atomic E-state index is 6.68. The Hall–Kier alpha value is -1.92. The first-order chi connectivity index (χ1) is 28.3. The predicted octanol–water partition coefficient (Wildman–Crippen LogP) is 11.7. The van der Waals surface area contributed by atoms with Gasteiger partial charge in [0.1, 0.15) is 10.9 Å². The molecule has 3 saturated heterocycles. The highest BCUT2D eigenvalue weighted by molar-refractivity contribution is 8.01. The first-order valence-electron chi connectivity index (χ1n) is 22.0. The van der Waals surface area contributed by atoms with Gasteiger partial charge in [-0.2, -0.15) is 0 Å². The molecule has 0 aliphatic carbocycles. The molecule has 3 aliphatic rings. The smallest absolute Gasteiger partial charge is 0.160 e. The van der Waals surface area contributed by atoms with Crippen LogP contribution >= 0.6 is 23.5 Å². The van der Waals surface area contributed by atoms with Gasteiger partial charge in [0, 0.05) is 23.0 Å². The van der Waals surface area contributed by atoms with E-state index in [9.17, 15) is 0 Å². The zero-order valence-corrected chi connectivity index (χ0v) is 39.1. The summed E-state index contributed by atoms with van der Waals surface area (Å²) < 4.78 is 43.6. The van der Waals surface area contributed by atoms with E-state index in [-0.39, 0.29) is 51.4 Å². The normalized spacial score (nSPS) is 32.5. The summed E-state index contributed by atoms with van der Waals surface area (Å²) in [6.45, 7) is 24.3. The van der Waals surface area contributed by atoms with Crippen LogP contribution in [0.3, 0.4) is 0 Å². The summed E-state index contributed by atoms with van der Waals surface area (Å²) in [5.41, 5.74) is 3.98. The van der Waals surface area contributed by atoms with Crippen LogP contribution in [0.25, 0.3) is 0 Å². The fourth-order valence-corrected chi connectivity index (χ4v) is 11.3. The van der Waals surface area contributed by atoms with Crippen LogP contribution in [0, 0.1) is 35.5 Å². The second kappa shape index (κ2) is 24.1. The van der Waals surface area contributed by atoms with Crippen molar-refractivity contribution in [1.82, 2.24) is 0 Å². The van der Waals surface area contributed by atoms with E-state index in [1.165, 1.54) is 16.7 Å². The molecule has 3 aromatic rings. The van der Waals surface area contributed by atoms with Crippen LogP contribution in [0.2, 0.25) is 0 Å². The summed E-state index contributed by atoms with van der Waals surface area (Å²) in [6.07, 6.45) is 2.18. The monoisotopic (exact) mass is 850 g/mol. The van der Waals surface area contributed by atoms with E-state index in [0.29, 0.717) is 69.2 Å². The number of methoxy groups -OCH3 is 1. The highest BCUT2D eigenvalue weighted by Gasteiger charge is 2.45. The summed E-state index contributed by atoms with van der Waals surface area (Å²) in [7, 11) is 1.73. The van der Waals surface area contributed by atoms with Crippen molar-refractivity contribution in [2.45, 2.75) is 140 Å². The second-order valence-electron chi connectivity index (χ2n) is 18.2. The van der Waals surface area contributed by atoms with Crippen LogP contribution in [-0.4, -0.2) is 72.4 Å². The van der Waals surface area contributed by atoms with Gasteiger partial charge in [-0.05, 0) is 59.1 Å². The molecule has 328 valence electrons. The van der Waals surface area contributed by atoms with E-state index in [1.54, 1.807) is 7.11 Å². The van der Waals surface area contributed by atoms with Gasteiger partial charge < -0.3 is 33.2 Å². The van der Waals surface area contributed by atoms with Gasteiger partial charge in [0.05, 0.1) is 58.0 Å². The molecule has 4 unspecified atom stereocenters. The maximum Gasteiger partial charge on any atom is 0.160 e. The third-order valence-corrected chi connectivity index (χ3v) is 15.3. The minimum Gasteiger partial charge on any atom is -0.374 e. The fourth-order valence-electron chi connectivity index (χ4n) is 8.11. The highest BCUT2D eigenvalue weighted by atomic mass is 32.2. The number of benzene rings is 3. The van der Waals surface area contributed by atoms with Gasteiger partial charge >= 0.3 is 0 Å². The van der Waals surface area contributed by atoms with Crippen LogP contribution in [-0.2, 0) is 53.0 Å². The topological polar surface area (TPSA) is 64.6 Å². The van der Waals surface area contributed by atoms with Crippen molar-refractivity contribution in [3.63, 3.8) is 0 Å². The lowest BCUT2D eigenvalue weighted by Gasteiger charge is -2.46. The molecule has 3 aromatic carbocycles. The Labute approximate surface area is 365 Å². The molecule has 0 N–H and O–H groups in total. The summed E-state index contributed by atoms with van der Waals surface area (Å²) in [4.78, 5) is 0. The molecule has 7 nitrogen and oxygen atoms in total. The van der Waals surface area contributed by atoms with E-state index in [0.717, 1.165) is 12.8 Å². The van der Waals surface area contributed by atoms with E-state index < -0.39 is 0 Å². The van der Waals surface area contributed by atoms with Gasteiger partial charge in [-0.25, -0.2) is 0 Å². The Bertz CT molecular complexity index is 1580. The molecule has 0 bridgehead atoms. The number of hydrogen-bond acceptors (Lipinski definition) is 9. The van der Waals surface area contributed by atoms with Crippen molar-refractivity contribution in [2.24, 2.45) is 35.5 Å². The lowest BCUT2D eigenvalue weighted by molar-refractivity contribution is -0.227.